The molecule has 4 rings (SSSR count). The summed E-state index contributed by atoms with van der Waals surface area (Å²) in [6.07, 6.45) is 3.36. The summed E-state index contributed by atoms with van der Waals surface area (Å²) in [7, 11) is 0. The van der Waals surface area contributed by atoms with E-state index in [0.29, 0.717) is 19.4 Å². The number of carbonyl (C=O) groups excluding carboxylic acids is 1. The lowest BCUT2D eigenvalue weighted by Gasteiger charge is -2.28. The van der Waals surface area contributed by atoms with Gasteiger partial charge in [-0.3, -0.25) is 9.36 Å². The first kappa shape index (κ1) is 14.8. The van der Waals surface area contributed by atoms with Crippen molar-refractivity contribution in [3.8, 4) is 5.82 Å². The van der Waals surface area contributed by atoms with Crippen molar-refractivity contribution in [2.24, 2.45) is 5.92 Å². The van der Waals surface area contributed by atoms with Crippen molar-refractivity contribution in [3.05, 3.63) is 54.5 Å². The molecule has 0 bridgehead atoms. The minimum atomic E-state index is -0.813. The Balaban J connectivity index is 1.44. The number of nitrogens with one attached hydrogen (secondary N) is 1. The molecule has 2 aromatic heterocycles. The minimum absolute atomic E-state index is 0.0754. The van der Waals surface area contributed by atoms with Gasteiger partial charge < -0.3 is 5.32 Å². The van der Waals surface area contributed by atoms with Gasteiger partial charge in [-0.25, -0.2) is 14.4 Å². The zero-order chi connectivity index (χ0) is 16.5. The number of carbonyl (C=O) groups is 1. The monoisotopic (exact) mass is 324 g/mol. The van der Waals surface area contributed by atoms with E-state index < -0.39 is 6.17 Å². The SMILES string of the molecule is O=C(NCc1ccc(-n2cnc3ccccc32)nc1)C1CC(F)C1. The summed E-state index contributed by atoms with van der Waals surface area (Å²) in [5.41, 5.74) is 2.83. The highest BCUT2D eigenvalue weighted by molar-refractivity contribution is 5.79. The second kappa shape index (κ2) is 6.03. The number of para-hydroxylation sites is 2. The number of imidazole rings is 1. The maximum absolute atomic E-state index is 12.8. The van der Waals surface area contributed by atoms with Gasteiger partial charge in [-0.1, -0.05) is 18.2 Å². The van der Waals surface area contributed by atoms with E-state index in [2.05, 4.69) is 15.3 Å². The zero-order valence-electron chi connectivity index (χ0n) is 13.0. The van der Waals surface area contributed by atoms with Gasteiger partial charge in [0.1, 0.15) is 18.3 Å². The van der Waals surface area contributed by atoms with Crippen LogP contribution in [0.1, 0.15) is 18.4 Å². The molecule has 1 aliphatic rings. The van der Waals surface area contributed by atoms with E-state index in [9.17, 15) is 9.18 Å². The molecule has 122 valence electrons. The number of pyridine rings is 1. The Morgan fingerprint density at radius 3 is 2.79 bits per heavy atom. The van der Waals surface area contributed by atoms with Gasteiger partial charge in [0.25, 0.3) is 0 Å². The van der Waals surface area contributed by atoms with Crippen molar-refractivity contribution < 1.29 is 9.18 Å². The van der Waals surface area contributed by atoms with Crippen molar-refractivity contribution in [2.75, 3.05) is 0 Å². The van der Waals surface area contributed by atoms with Gasteiger partial charge in [0.2, 0.25) is 5.91 Å². The number of alkyl halides is 1. The second-order valence-electron chi connectivity index (χ2n) is 6.11. The third-order valence-electron chi connectivity index (χ3n) is 4.43. The van der Waals surface area contributed by atoms with Crippen molar-refractivity contribution in [1.82, 2.24) is 19.9 Å². The van der Waals surface area contributed by atoms with Crippen LogP contribution < -0.4 is 5.32 Å². The van der Waals surface area contributed by atoms with Crippen LogP contribution in [-0.2, 0) is 11.3 Å². The third-order valence-corrected chi connectivity index (χ3v) is 4.43. The van der Waals surface area contributed by atoms with Crippen LogP contribution in [0, 0.1) is 5.92 Å². The summed E-state index contributed by atoms with van der Waals surface area (Å²) in [4.78, 5) is 20.6. The highest BCUT2D eigenvalue weighted by atomic mass is 19.1. The van der Waals surface area contributed by atoms with E-state index in [-0.39, 0.29) is 11.8 Å². The number of amides is 1. The van der Waals surface area contributed by atoms with Gasteiger partial charge in [-0.05, 0) is 36.6 Å². The summed E-state index contributed by atoms with van der Waals surface area (Å²) in [6, 6.07) is 11.7. The maximum atomic E-state index is 12.8. The van der Waals surface area contributed by atoms with Crippen LogP contribution in [0.2, 0.25) is 0 Å². The Morgan fingerprint density at radius 1 is 1.21 bits per heavy atom. The highest BCUT2D eigenvalue weighted by Crippen LogP contribution is 2.30. The molecule has 0 unspecified atom stereocenters. The van der Waals surface area contributed by atoms with Crippen molar-refractivity contribution in [2.45, 2.75) is 25.6 Å². The van der Waals surface area contributed by atoms with Crippen LogP contribution in [0.15, 0.2) is 48.9 Å². The van der Waals surface area contributed by atoms with Gasteiger partial charge in [0, 0.05) is 18.7 Å². The van der Waals surface area contributed by atoms with Gasteiger partial charge in [-0.2, -0.15) is 0 Å². The molecule has 24 heavy (non-hydrogen) atoms. The Kier molecular flexibility index (Phi) is 3.72. The molecule has 0 radical (unpaired) electrons. The summed E-state index contributed by atoms with van der Waals surface area (Å²) in [6.45, 7) is 0.407. The fraction of sp³-hybridized carbons (Fsp3) is 0.278. The van der Waals surface area contributed by atoms with E-state index in [4.69, 9.17) is 0 Å². The minimum Gasteiger partial charge on any atom is -0.352 e. The molecule has 5 nitrogen and oxygen atoms in total. The molecule has 1 amide bonds. The van der Waals surface area contributed by atoms with Gasteiger partial charge >= 0.3 is 0 Å². The van der Waals surface area contributed by atoms with Crippen molar-refractivity contribution in [1.29, 1.82) is 0 Å². The number of aromatic nitrogens is 3. The van der Waals surface area contributed by atoms with Crippen LogP contribution in [0.3, 0.4) is 0 Å². The average Bonchev–Trinajstić information content (AvgIpc) is 3.01. The zero-order valence-corrected chi connectivity index (χ0v) is 13.0. The smallest absolute Gasteiger partial charge is 0.223 e. The standard InChI is InChI=1S/C18H17FN4O/c19-14-7-13(8-14)18(24)21-10-12-5-6-17(20-9-12)23-11-22-15-3-1-2-4-16(15)23/h1-6,9,11,13-14H,7-8,10H2,(H,21,24). The van der Waals surface area contributed by atoms with Crippen molar-refractivity contribution >= 4 is 16.9 Å². The van der Waals surface area contributed by atoms with Crippen molar-refractivity contribution in [3.63, 3.8) is 0 Å². The molecule has 1 saturated carbocycles. The molecule has 1 N–H and O–H groups in total. The quantitative estimate of drug-likeness (QED) is 0.803. The number of nitrogens with zero attached hydrogens (tertiary/aromatic N) is 3. The average molecular weight is 324 g/mol. The fourth-order valence-electron chi connectivity index (χ4n) is 2.90. The molecule has 0 spiro atoms. The number of benzene rings is 1. The summed E-state index contributed by atoms with van der Waals surface area (Å²) >= 11 is 0. The molecule has 0 aliphatic heterocycles. The van der Waals surface area contributed by atoms with Crippen LogP contribution in [0.25, 0.3) is 16.9 Å². The lowest BCUT2D eigenvalue weighted by molar-refractivity contribution is -0.129. The lowest BCUT2D eigenvalue weighted by atomic mass is 9.83. The van der Waals surface area contributed by atoms with Crippen LogP contribution >= 0.6 is 0 Å². The van der Waals surface area contributed by atoms with Gasteiger partial charge in [0.05, 0.1) is 11.0 Å². The molecule has 6 heteroatoms. The molecule has 3 aromatic rings. The first-order chi connectivity index (χ1) is 11.7. The number of hydrogen-bond donors (Lipinski definition) is 1. The third kappa shape index (κ3) is 2.75. The largest absolute Gasteiger partial charge is 0.352 e. The summed E-state index contributed by atoms with van der Waals surface area (Å²) in [5, 5.41) is 2.84. The Bertz CT molecular complexity index is 868. The van der Waals surface area contributed by atoms with E-state index in [1.165, 1.54) is 0 Å². The molecular weight excluding hydrogens is 307 g/mol. The van der Waals surface area contributed by atoms with Crippen LogP contribution in [0.5, 0.6) is 0 Å². The molecule has 2 heterocycles. The van der Waals surface area contributed by atoms with E-state index in [1.807, 2.05) is 41.0 Å². The summed E-state index contributed by atoms with van der Waals surface area (Å²) < 4.78 is 14.7. The maximum Gasteiger partial charge on any atom is 0.223 e. The molecular formula is C18H17FN4O. The predicted octanol–water partition coefficient (Wildman–Crippen LogP) is 2.78. The predicted molar refractivity (Wildman–Crippen MR) is 88.3 cm³/mol. The molecule has 1 aliphatic carbocycles. The first-order valence-electron chi connectivity index (χ1n) is 8.00. The highest BCUT2D eigenvalue weighted by Gasteiger charge is 2.34. The van der Waals surface area contributed by atoms with E-state index in [1.54, 1.807) is 12.5 Å². The topological polar surface area (TPSA) is 59.8 Å². The van der Waals surface area contributed by atoms with E-state index in [0.717, 1.165) is 22.4 Å². The second-order valence-corrected chi connectivity index (χ2v) is 6.11. The molecule has 0 saturated heterocycles. The van der Waals surface area contributed by atoms with Crippen LogP contribution in [0.4, 0.5) is 4.39 Å². The Hall–Kier alpha value is -2.76. The number of hydrogen-bond acceptors (Lipinski definition) is 3. The van der Waals surface area contributed by atoms with E-state index >= 15 is 0 Å². The van der Waals surface area contributed by atoms with Crippen LogP contribution in [-0.4, -0.2) is 26.6 Å². The Labute approximate surface area is 138 Å². The number of fused-ring (bicyclic) bond motifs is 1. The lowest BCUT2D eigenvalue weighted by Crippen LogP contribution is -2.39. The normalized spacial score (nSPS) is 19.9. The first-order valence-corrected chi connectivity index (χ1v) is 8.00. The summed E-state index contributed by atoms with van der Waals surface area (Å²) in [5.74, 6) is 0.524. The molecule has 0 atom stereocenters. The van der Waals surface area contributed by atoms with Gasteiger partial charge in [-0.15, -0.1) is 0 Å². The number of rotatable bonds is 4. The fourth-order valence-corrected chi connectivity index (χ4v) is 2.90. The number of halogens is 1. The van der Waals surface area contributed by atoms with Gasteiger partial charge in [0.15, 0.2) is 0 Å². The molecule has 1 fully saturated rings. The molecule has 1 aromatic carbocycles. The Morgan fingerprint density at radius 2 is 2.04 bits per heavy atom.